The van der Waals surface area contributed by atoms with E-state index in [1.807, 2.05) is 17.0 Å². The Morgan fingerprint density at radius 1 is 1.11 bits per heavy atom. The van der Waals surface area contributed by atoms with E-state index in [-0.39, 0.29) is 35.9 Å². The third-order valence-electron chi connectivity index (χ3n) is 7.39. The minimum absolute atomic E-state index is 0.0677. The molecular formula is C27H27FN4O5S. The van der Waals surface area contributed by atoms with Crippen molar-refractivity contribution < 1.29 is 23.8 Å². The first-order chi connectivity index (χ1) is 18.4. The molecule has 2 atom stereocenters. The Labute approximate surface area is 222 Å². The molecule has 0 spiro atoms. The van der Waals surface area contributed by atoms with Crippen LogP contribution >= 0.6 is 11.8 Å². The summed E-state index contributed by atoms with van der Waals surface area (Å²) in [7, 11) is 0. The molecule has 2 N–H and O–H groups in total. The van der Waals surface area contributed by atoms with E-state index in [0.717, 1.165) is 10.3 Å². The van der Waals surface area contributed by atoms with Crippen molar-refractivity contribution in [3.05, 3.63) is 64.2 Å². The van der Waals surface area contributed by atoms with Gasteiger partial charge in [-0.1, -0.05) is 0 Å². The number of pyridine rings is 1. The highest BCUT2D eigenvalue weighted by Gasteiger charge is 2.34. The third-order valence-corrected chi connectivity index (χ3v) is 8.47. The van der Waals surface area contributed by atoms with Crippen LogP contribution in [-0.4, -0.2) is 71.2 Å². The quantitative estimate of drug-likeness (QED) is 0.455. The fourth-order valence-corrected chi connectivity index (χ4v) is 6.41. The number of fused-ring (bicyclic) bond motifs is 1. The van der Waals surface area contributed by atoms with Gasteiger partial charge in [-0.15, -0.1) is 11.8 Å². The Bertz CT molecular complexity index is 1490. The summed E-state index contributed by atoms with van der Waals surface area (Å²) < 4.78 is 22.2. The molecule has 3 aromatic rings. The summed E-state index contributed by atoms with van der Waals surface area (Å²) in [6, 6.07) is 11.9. The van der Waals surface area contributed by atoms with Gasteiger partial charge in [0.05, 0.1) is 30.1 Å². The zero-order valence-electron chi connectivity index (χ0n) is 20.6. The van der Waals surface area contributed by atoms with Gasteiger partial charge in [0.1, 0.15) is 11.9 Å². The number of ether oxygens (including phenoxy) is 1. The highest BCUT2D eigenvalue weighted by atomic mass is 32.2. The molecule has 4 heterocycles. The average Bonchev–Trinajstić information content (AvgIpc) is 3.47. The SMILES string of the molecule is O=C1CSc2ccc(N3C[C@H](CCN(CCO)CC4Cn5c(=O)ccc6ccc(F)c4c65)OC3=O)cc2N1. The molecule has 38 heavy (non-hydrogen) atoms. The van der Waals surface area contributed by atoms with Crippen molar-refractivity contribution >= 4 is 46.0 Å². The predicted octanol–water partition coefficient (Wildman–Crippen LogP) is 2.99. The number of aliphatic hydroxyl groups excluding tert-OH is 1. The van der Waals surface area contributed by atoms with E-state index in [9.17, 15) is 23.9 Å². The van der Waals surface area contributed by atoms with E-state index in [0.29, 0.717) is 67.4 Å². The van der Waals surface area contributed by atoms with Crippen LogP contribution in [0.5, 0.6) is 0 Å². The van der Waals surface area contributed by atoms with Crippen LogP contribution in [0.4, 0.5) is 20.6 Å². The third kappa shape index (κ3) is 4.55. The first-order valence-electron chi connectivity index (χ1n) is 12.6. The summed E-state index contributed by atoms with van der Waals surface area (Å²) in [5.74, 6) is -0.262. The number of cyclic esters (lactones) is 1. The van der Waals surface area contributed by atoms with E-state index in [2.05, 4.69) is 5.32 Å². The maximum atomic E-state index is 14.9. The number of thioether (sulfide) groups is 1. The number of nitrogens with zero attached hydrogens (tertiary/aromatic N) is 3. The Kier molecular flexibility index (Phi) is 6.58. The van der Waals surface area contributed by atoms with Gasteiger partial charge < -0.3 is 24.6 Å². The molecule has 11 heteroatoms. The van der Waals surface area contributed by atoms with Crippen molar-refractivity contribution in [2.24, 2.45) is 0 Å². The number of benzene rings is 2. The molecule has 1 fully saturated rings. The Hall–Kier alpha value is -3.41. The smallest absolute Gasteiger partial charge is 0.414 e. The summed E-state index contributed by atoms with van der Waals surface area (Å²) in [6.07, 6.45) is -0.267. The summed E-state index contributed by atoms with van der Waals surface area (Å²) in [5.41, 5.74) is 2.38. The molecule has 9 nitrogen and oxygen atoms in total. The van der Waals surface area contributed by atoms with Crippen molar-refractivity contribution in [3.63, 3.8) is 0 Å². The highest BCUT2D eigenvalue weighted by Crippen LogP contribution is 2.37. The molecule has 6 rings (SSSR count). The number of halogens is 1. The Balaban J connectivity index is 1.13. The Morgan fingerprint density at radius 3 is 2.79 bits per heavy atom. The topological polar surface area (TPSA) is 104 Å². The molecule has 1 aromatic heterocycles. The first-order valence-corrected chi connectivity index (χ1v) is 13.6. The molecule has 0 saturated carbocycles. The fraction of sp³-hybridized carbons (Fsp3) is 0.370. The Morgan fingerprint density at radius 2 is 1.95 bits per heavy atom. The summed E-state index contributed by atoms with van der Waals surface area (Å²) in [4.78, 5) is 41.4. The van der Waals surface area contributed by atoms with Crippen molar-refractivity contribution in [1.82, 2.24) is 9.47 Å². The molecule has 0 bridgehead atoms. The predicted molar refractivity (Wildman–Crippen MR) is 142 cm³/mol. The fourth-order valence-electron chi connectivity index (χ4n) is 5.62. The van der Waals surface area contributed by atoms with E-state index < -0.39 is 6.09 Å². The number of aromatic nitrogens is 1. The van der Waals surface area contributed by atoms with Gasteiger partial charge in [-0.3, -0.25) is 14.5 Å². The maximum absolute atomic E-state index is 14.9. The summed E-state index contributed by atoms with van der Waals surface area (Å²) >= 11 is 1.46. The van der Waals surface area contributed by atoms with Crippen molar-refractivity contribution in [1.29, 1.82) is 0 Å². The standard InChI is InChI=1S/C27H27FN4O5S/c28-20-4-1-16-2-6-24(35)32-13-17(25(20)26(16)32)12-30(9-10-33)8-7-19-14-31(27(36)37-19)18-3-5-22-21(11-18)29-23(34)15-38-22/h1-6,11,17,19,33H,7-10,12-15H2,(H,29,34)/t17?,19-/m0/s1. The van der Waals surface area contributed by atoms with Gasteiger partial charge >= 0.3 is 6.09 Å². The minimum Gasteiger partial charge on any atom is -0.444 e. The van der Waals surface area contributed by atoms with Gasteiger partial charge in [0.25, 0.3) is 5.56 Å². The molecule has 2 aromatic carbocycles. The number of nitrogens with one attached hydrogen (secondary N) is 1. The molecule has 0 radical (unpaired) electrons. The van der Waals surface area contributed by atoms with Gasteiger partial charge in [0, 0.05) is 54.3 Å². The van der Waals surface area contributed by atoms with Crippen molar-refractivity contribution in [2.75, 3.05) is 48.8 Å². The van der Waals surface area contributed by atoms with Crippen LogP contribution < -0.4 is 15.8 Å². The highest BCUT2D eigenvalue weighted by molar-refractivity contribution is 8.00. The van der Waals surface area contributed by atoms with Crippen LogP contribution in [0.15, 0.2) is 52.2 Å². The van der Waals surface area contributed by atoms with E-state index in [1.165, 1.54) is 23.9 Å². The lowest BCUT2D eigenvalue weighted by atomic mass is 9.98. The maximum Gasteiger partial charge on any atom is 0.414 e. The normalized spacial score (nSPS) is 20.2. The molecule has 2 amide bonds. The second-order valence-corrected chi connectivity index (χ2v) is 10.8. The van der Waals surface area contributed by atoms with Gasteiger partial charge in [-0.05, 0) is 48.2 Å². The van der Waals surface area contributed by atoms with Crippen LogP contribution in [0.3, 0.4) is 0 Å². The van der Waals surface area contributed by atoms with Crippen molar-refractivity contribution in [3.8, 4) is 0 Å². The lowest BCUT2D eigenvalue weighted by Gasteiger charge is -2.26. The average molecular weight is 539 g/mol. The molecule has 0 aliphatic carbocycles. The zero-order valence-corrected chi connectivity index (χ0v) is 21.4. The van der Waals surface area contributed by atoms with Gasteiger partial charge in [-0.2, -0.15) is 0 Å². The number of anilines is 2. The van der Waals surface area contributed by atoms with E-state index in [4.69, 9.17) is 4.74 Å². The number of hydrogen-bond donors (Lipinski definition) is 2. The van der Waals surface area contributed by atoms with Crippen LogP contribution in [-0.2, 0) is 16.1 Å². The molecule has 198 valence electrons. The first kappa shape index (κ1) is 24.9. The van der Waals surface area contributed by atoms with Gasteiger partial charge in [0.2, 0.25) is 5.91 Å². The lowest BCUT2D eigenvalue weighted by molar-refractivity contribution is -0.113. The molecule has 1 saturated heterocycles. The van der Waals surface area contributed by atoms with E-state index >= 15 is 0 Å². The second kappa shape index (κ2) is 10.0. The minimum atomic E-state index is -0.446. The number of carbonyl (C=O) groups is 2. The number of aliphatic hydroxyl groups is 1. The van der Waals surface area contributed by atoms with Crippen LogP contribution in [0.1, 0.15) is 17.9 Å². The van der Waals surface area contributed by atoms with Crippen LogP contribution in [0.2, 0.25) is 0 Å². The van der Waals surface area contributed by atoms with Crippen LogP contribution in [0, 0.1) is 5.82 Å². The van der Waals surface area contributed by atoms with Gasteiger partial charge in [0.15, 0.2) is 0 Å². The van der Waals surface area contributed by atoms with Crippen LogP contribution in [0.25, 0.3) is 10.9 Å². The number of carbonyl (C=O) groups excluding carboxylic acids is 2. The monoisotopic (exact) mass is 538 g/mol. The van der Waals surface area contributed by atoms with E-state index in [1.54, 1.807) is 27.7 Å². The largest absolute Gasteiger partial charge is 0.444 e. The lowest BCUT2D eigenvalue weighted by Crippen LogP contribution is -2.35. The number of amides is 2. The zero-order chi connectivity index (χ0) is 26.4. The number of hydrogen-bond acceptors (Lipinski definition) is 7. The molecule has 3 aliphatic heterocycles. The van der Waals surface area contributed by atoms with Crippen molar-refractivity contribution in [2.45, 2.75) is 29.9 Å². The van der Waals surface area contributed by atoms with Gasteiger partial charge in [-0.25, -0.2) is 9.18 Å². The number of rotatable bonds is 8. The summed E-state index contributed by atoms with van der Waals surface area (Å²) in [6.45, 7) is 2.05. The summed E-state index contributed by atoms with van der Waals surface area (Å²) in [5, 5.41) is 13.4. The molecule has 1 unspecified atom stereocenters. The molecule has 3 aliphatic rings. The second-order valence-electron chi connectivity index (χ2n) is 9.82. The molecular weight excluding hydrogens is 511 g/mol.